The minimum atomic E-state index is -0.0818. The molecule has 2 aromatic heterocycles. The Kier molecular flexibility index (Phi) is 5.85. The van der Waals surface area contributed by atoms with E-state index < -0.39 is 0 Å². The maximum atomic E-state index is 11.3. The highest BCUT2D eigenvalue weighted by Gasteiger charge is 2.17. The maximum Gasteiger partial charge on any atom is 0.227 e. The normalized spacial score (nSPS) is 14.3. The summed E-state index contributed by atoms with van der Waals surface area (Å²) in [4.78, 5) is 24.3. The molecule has 0 amide bonds. The van der Waals surface area contributed by atoms with Crippen LogP contribution in [0.2, 0.25) is 0 Å². The Balaban J connectivity index is 1.48. The zero-order valence-corrected chi connectivity index (χ0v) is 16.7. The van der Waals surface area contributed by atoms with Crippen molar-refractivity contribution in [2.45, 2.75) is 25.9 Å². The van der Waals surface area contributed by atoms with Crippen molar-refractivity contribution in [3.05, 3.63) is 54.5 Å². The molecule has 30 heavy (non-hydrogen) atoms. The van der Waals surface area contributed by atoms with Gasteiger partial charge in [-0.05, 0) is 36.4 Å². The fourth-order valence-corrected chi connectivity index (χ4v) is 3.17. The number of nitrogens with zero attached hydrogens (tertiary/aromatic N) is 3. The Bertz CT molecular complexity index is 1030. The number of anilines is 3. The molecule has 4 rings (SSSR count). The number of hydrogen-bond donors (Lipinski definition) is 2. The van der Waals surface area contributed by atoms with Crippen LogP contribution in [0.1, 0.15) is 30.3 Å². The fourth-order valence-electron chi connectivity index (χ4n) is 3.17. The van der Waals surface area contributed by atoms with Gasteiger partial charge in [-0.15, -0.1) is 0 Å². The molecule has 1 aromatic carbocycles. The van der Waals surface area contributed by atoms with Gasteiger partial charge in [-0.25, -0.2) is 9.97 Å². The topological polar surface area (TPSA) is 112 Å². The largest absolute Gasteiger partial charge is 0.488 e. The molecule has 8 nitrogen and oxygen atoms in total. The molecule has 1 fully saturated rings. The van der Waals surface area contributed by atoms with Gasteiger partial charge in [0.2, 0.25) is 5.95 Å². The van der Waals surface area contributed by atoms with Crippen molar-refractivity contribution in [3.8, 4) is 17.0 Å². The standard InChI is InChI=1S/C22H23N5O3/c1-14(28)19-4-3-16(13-25-19)26-22-24-9-6-20(27-22)15-2-5-21(18(23)12-15)30-17-7-10-29-11-8-17/h2-6,9,12-13,17H,7-8,10-11,23H2,1H3,(H,24,26,27). The monoisotopic (exact) mass is 405 g/mol. The number of carbonyl (C=O) groups is 1. The number of pyridine rings is 1. The van der Waals surface area contributed by atoms with Crippen molar-refractivity contribution in [1.29, 1.82) is 0 Å². The van der Waals surface area contributed by atoms with Crippen molar-refractivity contribution in [2.24, 2.45) is 0 Å². The molecule has 1 aliphatic heterocycles. The van der Waals surface area contributed by atoms with Crippen molar-refractivity contribution in [2.75, 3.05) is 24.3 Å². The van der Waals surface area contributed by atoms with E-state index >= 15 is 0 Å². The lowest BCUT2D eigenvalue weighted by molar-refractivity contribution is 0.0259. The van der Waals surface area contributed by atoms with Gasteiger partial charge in [0.15, 0.2) is 5.78 Å². The van der Waals surface area contributed by atoms with Gasteiger partial charge >= 0.3 is 0 Å². The number of ketones is 1. The van der Waals surface area contributed by atoms with E-state index in [0.717, 1.165) is 24.1 Å². The number of hydrogen-bond acceptors (Lipinski definition) is 8. The van der Waals surface area contributed by atoms with E-state index in [-0.39, 0.29) is 11.9 Å². The third kappa shape index (κ3) is 4.72. The molecule has 0 bridgehead atoms. The number of nitrogens with one attached hydrogen (secondary N) is 1. The van der Waals surface area contributed by atoms with Crippen LogP contribution in [0.5, 0.6) is 5.75 Å². The Morgan fingerprint density at radius 3 is 2.70 bits per heavy atom. The smallest absolute Gasteiger partial charge is 0.227 e. The van der Waals surface area contributed by atoms with Gasteiger partial charge in [-0.3, -0.25) is 9.78 Å². The van der Waals surface area contributed by atoms with E-state index in [4.69, 9.17) is 15.2 Å². The highest BCUT2D eigenvalue weighted by Crippen LogP contribution is 2.30. The molecule has 3 heterocycles. The highest BCUT2D eigenvalue weighted by molar-refractivity contribution is 5.92. The summed E-state index contributed by atoms with van der Waals surface area (Å²) in [5.41, 5.74) is 9.48. The summed E-state index contributed by atoms with van der Waals surface area (Å²) < 4.78 is 11.4. The SMILES string of the molecule is CC(=O)c1ccc(Nc2nccc(-c3ccc(OC4CCOCC4)c(N)c3)n2)cn1. The van der Waals surface area contributed by atoms with E-state index in [1.807, 2.05) is 24.3 Å². The first-order chi connectivity index (χ1) is 14.6. The third-order valence-corrected chi connectivity index (χ3v) is 4.80. The second-order valence-corrected chi connectivity index (χ2v) is 7.06. The average Bonchev–Trinajstić information content (AvgIpc) is 2.76. The minimum absolute atomic E-state index is 0.0818. The van der Waals surface area contributed by atoms with Crippen LogP contribution in [0.25, 0.3) is 11.3 Å². The molecule has 0 unspecified atom stereocenters. The Morgan fingerprint density at radius 2 is 2.00 bits per heavy atom. The fraction of sp³-hybridized carbons (Fsp3) is 0.273. The van der Waals surface area contributed by atoms with Gasteiger partial charge in [-0.2, -0.15) is 0 Å². The molecular formula is C22H23N5O3. The predicted octanol–water partition coefficient (Wildman–Crippen LogP) is 3.62. The number of aromatic nitrogens is 3. The number of carbonyl (C=O) groups excluding carboxylic acids is 1. The second-order valence-electron chi connectivity index (χ2n) is 7.06. The average molecular weight is 405 g/mol. The van der Waals surface area contributed by atoms with Crippen molar-refractivity contribution >= 4 is 23.1 Å². The van der Waals surface area contributed by atoms with Crippen molar-refractivity contribution < 1.29 is 14.3 Å². The third-order valence-electron chi connectivity index (χ3n) is 4.80. The van der Waals surface area contributed by atoms with E-state index in [1.165, 1.54) is 6.92 Å². The summed E-state index contributed by atoms with van der Waals surface area (Å²) in [6.07, 6.45) is 5.11. The first-order valence-electron chi connectivity index (χ1n) is 9.80. The summed E-state index contributed by atoms with van der Waals surface area (Å²) in [6.45, 7) is 2.91. The van der Waals surface area contributed by atoms with Crippen molar-refractivity contribution in [3.63, 3.8) is 0 Å². The summed E-state index contributed by atoms with van der Waals surface area (Å²) in [7, 11) is 0. The maximum absolute atomic E-state index is 11.3. The minimum Gasteiger partial charge on any atom is -0.488 e. The number of rotatable bonds is 6. The number of benzene rings is 1. The first-order valence-corrected chi connectivity index (χ1v) is 9.80. The molecule has 0 aliphatic carbocycles. The molecule has 0 atom stereocenters. The lowest BCUT2D eigenvalue weighted by Gasteiger charge is -2.24. The second kappa shape index (κ2) is 8.87. The molecule has 3 aromatic rings. The summed E-state index contributed by atoms with van der Waals surface area (Å²) in [6, 6.07) is 10.9. The summed E-state index contributed by atoms with van der Waals surface area (Å²) in [5, 5.41) is 3.10. The quantitative estimate of drug-likeness (QED) is 0.472. The van der Waals surface area contributed by atoms with Gasteiger partial charge in [-0.1, -0.05) is 0 Å². The molecule has 0 saturated carbocycles. The molecule has 0 spiro atoms. The zero-order valence-electron chi connectivity index (χ0n) is 16.7. The van der Waals surface area contributed by atoms with Gasteiger partial charge in [0.25, 0.3) is 0 Å². The van der Waals surface area contributed by atoms with Crippen molar-refractivity contribution in [1.82, 2.24) is 15.0 Å². The Morgan fingerprint density at radius 1 is 1.17 bits per heavy atom. The number of nitrogen functional groups attached to an aromatic ring is 1. The van der Waals surface area contributed by atoms with Crippen LogP contribution in [0, 0.1) is 0 Å². The van der Waals surface area contributed by atoms with Crippen LogP contribution in [-0.2, 0) is 4.74 Å². The van der Waals surface area contributed by atoms with Crippen LogP contribution >= 0.6 is 0 Å². The number of nitrogens with two attached hydrogens (primary N) is 1. The van der Waals surface area contributed by atoms with Gasteiger partial charge in [0.05, 0.1) is 36.5 Å². The molecule has 3 N–H and O–H groups in total. The Hall–Kier alpha value is -3.52. The Labute approximate surface area is 174 Å². The molecule has 1 saturated heterocycles. The molecule has 1 aliphatic rings. The molecule has 0 radical (unpaired) electrons. The van der Waals surface area contributed by atoms with Crippen LogP contribution < -0.4 is 15.8 Å². The molecule has 8 heteroatoms. The van der Waals surface area contributed by atoms with E-state index in [0.29, 0.717) is 42.0 Å². The lowest BCUT2D eigenvalue weighted by Crippen LogP contribution is -2.26. The highest BCUT2D eigenvalue weighted by atomic mass is 16.5. The summed E-state index contributed by atoms with van der Waals surface area (Å²) in [5.74, 6) is 1.02. The molecule has 154 valence electrons. The molecular weight excluding hydrogens is 382 g/mol. The zero-order chi connectivity index (χ0) is 20.9. The van der Waals surface area contributed by atoms with Crippen LogP contribution in [0.4, 0.5) is 17.3 Å². The van der Waals surface area contributed by atoms with Crippen LogP contribution in [0.15, 0.2) is 48.8 Å². The van der Waals surface area contributed by atoms with Crippen LogP contribution in [-0.4, -0.2) is 40.1 Å². The van der Waals surface area contributed by atoms with E-state index in [2.05, 4.69) is 20.3 Å². The van der Waals surface area contributed by atoms with Crippen LogP contribution in [0.3, 0.4) is 0 Å². The van der Waals surface area contributed by atoms with E-state index in [9.17, 15) is 4.79 Å². The number of Topliss-reactive ketones (excluding diaryl/α,β-unsaturated/α-hetero) is 1. The van der Waals surface area contributed by atoms with E-state index in [1.54, 1.807) is 24.5 Å². The summed E-state index contributed by atoms with van der Waals surface area (Å²) >= 11 is 0. The first kappa shape index (κ1) is 19.8. The predicted molar refractivity (Wildman–Crippen MR) is 114 cm³/mol. The van der Waals surface area contributed by atoms with Gasteiger partial charge in [0, 0.05) is 31.5 Å². The number of ether oxygens (including phenoxy) is 2. The lowest BCUT2D eigenvalue weighted by atomic mass is 10.1. The van der Waals surface area contributed by atoms with Gasteiger partial charge in [0.1, 0.15) is 17.5 Å². The van der Waals surface area contributed by atoms with Gasteiger partial charge < -0.3 is 20.5 Å².